The van der Waals surface area contributed by atoms with Crippen LogP contribution >= 0.6 is 0 Å². The maximum absolute atomic E-state index is 12.4. The van der Waals surface area contributed by atoms with Gasteiger partial charge in [-0.25, -0.2) is 0 Å². The van der Waals surface area contributed by atoms with Gasteiger partial charge in [0.1, 0.15) is 0 Å². The van der Waals surface area contributed by atoms with Gasteiger partial charge in [0.2, 0.25) is 0 Å². The van der Waals surface area contributed by atoms with E-state index in [9.17, 15) is 18.0 Å². The van der Waals surface area contributed by atoms with Crippen molar-refractivity contribution in [1.82, 2.24) is 5.32 Å². The van der Waals surface area contributed by atoms with Crippen molar-refractivity contribution in [1.29, 1.82) is 0 Å². The molecule has 0 saturated heterocycles. The summed E-state index contributed by atoms with van der Waals surface area (Å²) in [7, 11) is 0. The zero-order valence-corrected chi connectivity index (χ0v) is 9.05. The zero-order valence-electron chi connectivity index (χ0n) is 9.05. The van der Waals surface area contributed by atoms with E-state index in [1.807, 2.05) is 0 Å². The molecule has 0 aromatic heterocycles. The van der Waals surface area contributed by atoms with Gasteiger partial charge >= 0.3 is 6.18 Å². The molecule has 2 nitrogen and oxygen atoms in total. The van der Waals surface area contributed by atoms with Crippen LogP contribution in [-0.4, -0.2) is 11.9 Å². The molecular weight excluding hydrogens is 231 g/mol. The highest BCUT2D eigenvalue weighted by Gasteiger charge is 2.31. The second-order valence-electron chi connectivity index (χ2n) is 4.18. The highest BCUT2D eigenvalue weighted by atomic mass is 19.4. The predicted octanol–water partition coefficient (Wildman–Crippen LogP) is 2.99. The van der Waals surface area contributed by atoms with Gasteiger partial charge in [0.15, 0.2) is 0 Å². The molecule has 17 heavy (non-hydrogen) atoms. The van der Waals surface area contributed by atoms with E-state index in [0.29, 0.717) is 0 Å². The molecule has 5 heteroatoms. The normalized spacial score (nSPS) is 16.4. The molecule has 0 heterocycles. The van der Waals surface area contributed by atoms with Gasteiger partial charge in [-0.1, -0.05) is 6.07 Å². The summed E-state index contributed by atoms with van der Waals surface area (Å²) in [6.07, 6.45) is -1.53. The highest BCUT2D eigenvalue weighted by molar-refractivity contribution is 5.94. The van der Waals surface area contributed by atoms with Crippen LogP contribution in [0.3, 0.4) is 0 Å². The van der Waals surface area contributed by atoms with Crippen LogP contribution < -0.4 is 5.32 Å². The minimum absolute atomic E-state index is 0.0618. The number of alkyl halides is 3. The minimum atomic E-state index is -4.41. The third-order valence-corrected chi connectivity index (χ3v) is 2.89. The summed E-state index contributed by atoms with van der Waals surface area (Å²) in [5, 5.41) is 2.71. The van der Waals surface area contributed by atoms with Crippen LogP contribution in [0.25, 0.3) is 0 Å². The monoisotopic (exact) mass is 243 g/mol. The van der Waals surface area contributed by atoms with Gasteiger partial charge in [-0.05, 0) is 37.5 Å². The van der Waals surface area contributed by atoms with E-state index in [0.717, 1.165) is 31.4 Å². The summed E-state index contributed by atoms with van der Waals surface area (Å²) in [4.78, 5) is 11.6. The van der Waals surface area contributed by atoms with Crippen LogP contribution in [0.1, 0.15) is 35.2 Å². The van der Waals surface area contributed by atoms with Gasteiger partial charge in [0.25, 0.3) is 5.91 Å². The topological polar surface area (TPSA) is 29.1 Å². The number of rotatable bonds is 2. The fraction of sp³-hybridized carbons (Fsp3) is 0.417. The lowest BCUT2D eigenvalue weighted by Crippen LogP contribution is -2.39. The molecule has 0 unspecified atom stereocenters. The van der Waals surface area contributed by atoms with Crippen molar-refractivity contribution < 1.29 is 18.0 Å². The third-order valence-electron chi connectivity index (χ3n) is 2.89. The van der Waals surface area contributed by atoms with E-state index in [2.05, 4.69) is 5.32 Å². The van der Waals surface area contributed by atoms with Crippen LogP contribution in [0.15, 0.2) is 24.3 Å². The van der Waals surface area contributed by atoms with Gasteiger partial charge in [0.05, 0.1) is 5.56 Å². The zero-order chi connectivity index (χ0) is 12.5. The number of nitrogens with one attached hydrogen (secondary N) is 1. The van der Waals surface area contributed by atoms with Crippen molar-refractivity contribution in [2.75, 3.05) is 0 Å². The molecule has 0 radical (unpaired) electrons. The number of halogens is 3. The predicted molar refractivity (Wildman–Crippen MR) is 56.5 cm³/mol. The van der Waals surface area contributed by atoms with Gasteiger partial charge < -0.3 is 5.32 Å². The summed E-state index contributed by atoms with van der Waals surface area (Å²) in [6, 6.07) is 4.60. The van der Waals surface area contributed by atoms with Crippen LogP contribution in [0, 0.1) is 0 Å². The molecule has 0 aliphatic heterocycles. The molecule has 2 rings (SSSR count). The standard InChI is InChI=1S/C12H12F3NO/c13-12(14,15)9-4-1-3-8(7-9)11(17)16-10-5-2-6-10/h1,3-4,7,10H,2,5-6H2,(H,16,17). The van der Waals surface area contributed by atoms with E-state index >= 15 is 0 Å². The second-order valence-corrected chi connectivity index (χ2v) is 4.18. The molecule has 1 aromatic carbocycles. The molecule has 1 fully saturated rings. The average Bonchev–Trinajstić information content (AvgIpc) is 2.22. The number of benzene rings is 1. The number of amides is 1. The Morgan fingerprint density at radius 2 is 2.00 bits per heavy atom. The first-order valence-electron chi connectivity index (χ1n) is 5.45. The first-order valence-corrected chi connectivity index (χ1v) is 5.45. The lowest BCUT2D eigenvalue weighted by atomic mass is 9.93. The van der Waals surface area contributed by atoms with Gasteiger partial charge in [0, 0.05) is 11.6 Å². The van der Waals surface area contributed by atoms with Crippen molar-refractivity contribution >= 4 is 5.91 Å². The lowest BCUT2D eigenvalue weighted by Gasteiger charge is -2.26. The molecule has 1 N–H and O–H groups in total. The van der Waals surface area contributed by atoms with Crippen molar-refractivity contribution in [3.63, 3.8) is 0 Å². The smallest absolute Gasteiger partial charge is 0.349 e. The third kappa shape index (κ3) is 2.78. The molecule has 0 bridgehead atoms. The van der Waals surface area contributed by atoms with E-state index in [4.69, 9.17) is 0 Å². The van der Waals surface area contributed by atoms with E-state index in [-0.39, 0.29) is 11.6 Å². The maximum atomic E-state index is 12.4. The fourth-order valence-electron chi connectivity index (χ4n) is 1.66. The Balaban J connectivity index is 2.12. The molecule has 1 saturated carbocycles. The molecule has 1 aromatic rings. The summed E-state index contributed by atoms with van der Waals surface area (Å²) in [5.41, 5.74) is -0.731. The van der Waals surface area contributed by atoms with Gasteiger partial charge in [-0.15, -0.1) is 0 Å². The van der Waals surface area contributed by atoms with Crippen molar-refractivity contribution in [2.24, 2.45) is 0 Å². The minimum Gasteiger partial charge on any atom is -0.349 e. The first-order chi connectivity index (χ1) is 7.97. The molecule has 0 spiro atoms. The number of hydrogen-bond acceptors (Lipinski definition) is 1. The Morgan fingerprint density at radius 3 is 2.53 bits per heavy atom. The summed E-state index contributed by atoms with van der Waals surface area (Å²) < 4.78 is 37.3. The molecule has 1 amide bonds. The number of hydrogen-bond donors (Lipinski definition) is 1. The molecule has 92 valence electrons. The van der Waals surface area contributed by atoms with E-state index < -0.39 is 17.6 Å². The Labute approximate surface area is 96.8 Å². The average molecular weight is 243 g/mol. The Hall–Kier alpha value is -1.52. The highest BCUT2D eigenvalue weighted by Crippen LogP contribution is 2.29. The quantitative estimate of drug-likeness (QED) is 0.850. The summed E-state index contributed by atoms with van der Waals surface area (Å²) in [6.45, 7) is 0. The van der Waals surface area contributed by atoms with E-state index in [1.54, 1.807) is 0 Å². The lowest BCUT2D eigenvalue weighted by molar-refractivity contribution is -0.137. The van der Waals surface area contributed by atoms with Crippen LogP contribution in [0.2, 0.25) is 0 Å². The first kappa shape index (κ1) is 12.0. The molecule has 1 aliphatic carbocycles. The number of carbonyl (C=O) groups excluding carboxylic acids is 1. The van der Waals surface area contributed by atoms with Crippen LogP contribution in [0.5, 0.6) is 0 Å². The van der Waals surface area contributed by atoms with Crippen molar-refractivity contribution in [3.8, 4) is 0 Å². The Bertz CT molecular complexity index is 424. The van der Waals surface area contributed by atoms with Crippen molar-refractivity contribution in [2.45, 2.75) is 31.5 Å². The summed E-state index contributed by atoms with van der Waals surface area (Å²) in [5.74, 6) is -0.430. The fourth-order valence-corrected chi connectivity index (χ4v) is 1.66. The van der Waals surface area contributed by atoms with Crippen molar-refractivity contribution in [3.05, 3.63) is 35.4 Å². The molecule has 1 aliphatic rings. The Morgan fingerprint density at radius 1 is 1.29 bits per heavy atom. The number of carbonyl (C=O) groups is 1. The van der Waals surface area contributed by atoms with E-state index in [1.165, 1.54) is 12.1 Å². The summed E-state index contributed by atoms with van der Waals surface area (Å²) >= 11 is 0. The maximum Gasteiger partial charge on any atom is 0.416 e. The SMILES string of the molecule is O=C(NC1CCC1)c1cccc(C(F)(F)F)c1. The van der Waals surface area contributed by atoms with Crippen LogP contribution in [-0.2, 0) is 6.18 Å². The largest absolute Gasteiger partial charge is 0.416 e. The van der Waals surface area contributed by atoms with Crippen LogP contribution in [0.4, 0.5) is 13.2 Å². The Kier molecular flexibility index (Phi) is 3.09. The van der Waals surface area contributed by atoms with Gasteiger partial charge in [-0.3, -0.25) is 4.79 Å². The second kappa shape index (κ2) is 4.39. The molecule has 0 atom stereocenters. The molecular formula is C12H12F3NO. The van der Waals surface area contributed by atoms with Gasteiger partial charge in [-0.2, -0.15) is 13.2 Å².